The minimum atomic E-state index is -0.119. The highest BCUT2D eigenvalue weighted by Gasteiger charge is 2.25. The van der Waals surface area contributed by atoms with E-state index >= 15 is 0 Å². The number of piperidine rings is 1. The number of nitrogens with zero attached hydrogens (tertiary/aromatic N) is 1. The number of ether oxygens (including phenoxy) is 1. The number of carbonyl (C=O) groups is 2. The number of amides is 3. The Morgan fingerprint density at radius 2 is 1.81 bits per heavy atom. The fraction of sp³-hybridized carbons (Fsp3) is 0.440. The standard InChI is InChI=1S/C25H33N3O3/c1-17(2)26-25(30)28-14-6-9-22(16-28)20-7-5-8-21(15-20)24(29)27-18(3)19-10-12-23(31-4)13-11-19/h5,7-8,10-13,15,17-18,22H,6,9,14,16H2,1-4H3,(H,26,30)(H,27,29). The first-order chi connectivity index (χ1) is 14.9. The van der Waals surface area contributed by atoms with Crippen LogP contribution in [-0.4, -0.2) is 43.1 Å². The third-order valence-electron chi connectivity index (χ3n) is 5.70. The molecule has 3 amide bonds. The van der Waals surface area contributed by atoms with Crippen molar-refractivity contribution in [2.75, 3.05) is 20.2 Å². The number of likely N-dealkylation sites (tertiary alicyclic amines) is 1. The first kappa shape index (κ1) is 22.7. The molecule has 6 heteroatoms. The van der Waals surface area contributed by atoms with Crippen LogP contribution in [-0.2, 0) is 0 Å². The molecule has 0 aromatic heterocycles. The van der Waals surface area contributed by atoms with Crippen molar-refractivity contribution in [2.45, 2.75) is 51.6 Å². The molecule has 1 fully saturated rings. The molecule has 2 aromatic rings. The first-order valence-electron chi connectivity index (χ1n) is 11.0. The lowest BCUT2D eigenvalue weighted by Crippen LogP contribution is -2.47. The number of nitrogens with one attached hydrogen (secondary N) is 2. The van der Waals surface area contributed by atoms with Crippen molar-refractivity contribution in [1.29, 1.82) is 0 Å². The molecular weight excluding hydrogens is 390 g/mol. The molecule has 1 saturated heterocycles. The van der Waals surface area contributed by atoms with Gasteiger partial charge in [-0.25, -0.2) is 4.79 Å². The van der Waals surface area contributed by atoms with Gasteiger partial charge in [-0.15, -0.1) is 0 Å². The molecule has 3 rings (SSSR count). The fourth-order valence-corrected chi connectivity index (χ4v) is 3.96. The minimum absolute atomic E-state index is 0.0121. The van der Waals surface area contributed by atoms with E-state index in [1.54, 1.807) is 7.11 Å². The van der Waals surface area contributed by atoms with E-state index in [9.17, 15) is 9.59 Å². The second kappa shape index (κ2) is 10.3. The van der Waals surface area contributed by atoms with E-state index in [-0.39, 0.29) is 29.9 Å². The first-order valence-corrected chi connectivity index (χ1v) is 11.0. The van der Waals surface area contributed by atoms with Crippen LogP contribution in [0.15, 0.2) is 48.5 Å². The predicted octanol–water partition coefficient (Wildman–Crippen LogP) is 4.48. The summed E-state index contributed by atoms with van der Waals surface area (Å²) >= 11 is 0. The SMILES string of the molecule is COc1ccc(C(C)NC(=O)c2cccc(C3CCCN(C(=O)NC(C)C)C3)c2)cc1. The van der Waals surface area contributed by atoms with Gasteiger partial charge in [-0.3, -0.25) is 4.79 Å². The fourth-order valence-electron chi connectivity index (χ4n) is 3.96. The summed E-state index contributed by atoms with van der Waals surface area (Å²) in [5.74, 6) is 0.924. The van der Waals surface area contributed by atoms with Crippen molar-refractivity contribution < 1.29 is 14.3 Å². The molecule has 2 aromatic carbocycles. The van der Waals surface area contributed by atoms with Crippen LogP contribution >= 0.6 is 0 Å². The molecule has 2 unspecified atom stereocenters. The Bertz CT molecular complexity index is 895. The van der Waals surface area contributed by atoms with Gasteiger partial charge in [-0.1, -0.05) is 24.3 Å². The van der Waals surface area contributed by atoms with E-state index in [0.717, 1.165) is 36.3 Å². The molecule has 0 spiro atoms. The summed E-state index contributed by atoms with van der Waals surface area (Å²) in [7, 11) is 1.63. The quantitative estimate of drug-likeness (QED) is 0.719. The zero-order chi connectivity index (χ0) is 22.4. The van der Waals surface area contributed by atoms with Gasteiger partial charge >= 0.3 is 6.03 Å². The number of hydrogen-bond acceptors (Lipinski definition) is 3. The second-order valence-corrected chi connectivity index (χ2v) is 8.48. The van der Waals surface area contributed by atoms with Gasteiger partial charge in [0.15, 0.2) is 0 Å². The number of rotatable bonds is 6. The summed E-state index contributed by atoms with van der Waals surface area (Å²) < 4.78 is 5.20. The lowest BCUT2D eigenvalue weighted by atomic mass is 9.89. The zero-order valence-electron chi connectivity index (χ0n) is 18.9. The Morgan fingerprint density at radius 1 is 1.06 bits per heavy atom. The van der Waals surface area contributed by atoms with Crippen LogP contribution in [0.1, 0.15) is 67.1 Å². The maximum absolute atomic E-state index is 12.9. The Balaban J connectivity index is 1.66. The highest BCUT2D eigenvalue weighted by atomic mass is 16.5. The number of methoxy groups -OCH3 is 1. The van der Waals surface area contributed by atoms with Gasteiger partial charge in [-0.05, 0) is 69.0 Å². The van der Waals surface area contributed by atoms with E-state index in [1.807, 2.05) is 68.1 Å². The molecule has 2 atom stereocenters. The summed E-state index contributed by atoms with van der Waals surface area (Å²) in [6.45, 7) is 7.35. The maximum atomic E-state index is 12.9. The van der Waals surface area contributed by atoms with E-state index < -0.39 is 0 Å². The van der Waals surface area contributed by atoms with Gasteiger partial charge < -0.3 is 20.3 Å². The van der Waals surface area contributed by atoms with Crippen molar-refractivity contribution in [1.82, 2.24) is 15.5 Å². The van der Waals surface area contributed by atoms with E-state index in [0.29, 0.717) is 12.1 Å². The van der Waals surface area contributed by atoms with Crippen molar-refractivity contribution in [3.8, 4) is 5.75 Å². The molecule has 0 bridgehead atoms. The normalized spacial score (nSPS) is 17.2. The Labute approximate surface area is 185 Å². The number of hydrogen-bond donors (Lipinski definition) is 2. The van der Waals surface area contributed by atoms with E-state index in [1.165, 1.54) is 0 Å². The molecule has 31 heavy (non-hydrogen) atoms. The van der Waals surface area contributed by atoms with Crippen LogP contribution in [0.25, 0.3) is 0 Å². The van der Waals surface area contributed by atoms with Crippen molar-refractivity contribution in [2.24, 2.45) is 0 Å². The summed E-state index contributed by atoms with van der Waals surface area (Å²) in [6.07, 6.45) is 1.97. The lowest BCUT2D eigenvalue weighted by Gasteiger charge is -2.33. The zero-order valence-corrected chi connectivity index (χ0v) is 18.9. The monoisotopic (exact) mass is 423 g/mol. The predicted molar refractivity (Wildman–Crippen MR) is 123 cm³/mol. The summed E-state index contributed by atoms with van der Waals surface area (Å²) in [4.78, 5) is 27.2. The van der Waals surface area contributed by atoms with Gasteiger partial charge in [0, 0.05) is 30.6 Å². The van der Waals surface area contributed by atoms with Gasteiger partial charge in [0.1, 0.15) is 5.75 Å². The van der Waals surface area contributed by atoms with E-state index in [2.05, 4.69) is 16.7 Å². The highest BCUT2D eigenvalue weighted by molar-refractivity contribution is 5.94. The van der Waals surface area contributed by atoms with Crippen molar-refractivity contribution >= 4 is 11.9 Å². The molecule has 1 heterocycles. The van der Waals surface area contributed by atoms with Crippen LogP contribution in [0.5, 0.6) is 5.75 Å². The Hall–Kier alpha value is -3.02. The van der Waals surface area contributed by atoms with Crippen LogP contribution in [0.3, 0.4) is 0 Å². The van der Waals surface area contributed by atoms with Crippen LogP contribution in [0, 0.1) is 0 Å². The molecule has 1 aliphatic heterocycles. The molecule has 0 radical (unpaired) electrons. The van der Waals surface area contributed by atoms with E-state index in [4.69, 9.17) is 4.74 Å². The molecule has 0 aliphatic carbocycles. The molecule has 1 aliphatic rings. The Morgan fingerprint density at radius 3 is 2.48 bits per heavy atom. The van der Waals surface area contributed by atoms with Crippen molar-refractivity contribution in [3.05, 3.63) is 65.2 Å². The lowest BCUT2D eigenvalue weighted by molar-refractivity contribution is 0.0939. The molecule has 166 valence electrons. The number of benzene rings is 2. The molecular formula is C25H33N3O3. The largest absolute Gasteiger partial charge is 0.497 e. The topological polar surface area (TPSA) is 70.7 Å². The molecule has 6 nitrogen and oxygen atoms in total. The average molecular weight is 424 g/mol. The maximum Gasteiger partial charge on any atom is 0.317 e. The molecule has 2 N–H and O–H groups in total. The minimum Gasteiger partial charge on any atom is -0.497 e. The smallest absolute Gasteiger partial charge is 0.317 e. The summed E-state index contributed by atoms with van der Waals surface area (Å²) in [5, 5.41) is 6.05. The summed E-state index contributed by atoms with van der Waals surface area (Å²) in [5.41, 5.74) is 2.76. The van der Waals surface area contributed by atoms with Crippen molar-refractivity contribution in [3.63, 3.8) is 0 Å². The van der Waals surface area contributed by atoms with Crippen LogP contribution in [0.4, 0.5) is 4.79 Å². The van der Waals surface area contributed by atoms with Gasteiger partial charge in [0.05, 0.1) is 13.2 Å². The Kier molecular flexibility index (Phi) is 7.55. The third-order valence-corrected chi connectivity index (χ3v) is 5.70. The number of carbonyl (C=O) groups excluding carboxylic acids is 2. The van der Waals surface area contributed by atoms with Crippen LogP contribution in [0.2, 0.25) is 0 Å². The number of urea groups is 1. The third kappa shape index (κ3) is 6.00. The average Bonchev–Trinajstić information content (AvgIpc) is 2.78. The van der Waals surface area contributed by atoms with Gasteiger partial charge in [0.2, 0.25) is 0 Å². The summed E-state index contributed by atoms with van der Waals surface area (Å²) in [6, 6.07) is 15.5. The van der Waals surface area contributed by atoms with Gasteiger partial charge in [-0.2, -0.15) is 0 Å². The highest BCUT2D eigenvalue weighted by Crippen LogP contribution is 2.28. The van der Waals surface area contributed by atoms with Gasteiger partial charge in [0.25, 0.3) is 5.91 Å². The second-order valence-electron chi connectivity index (χ2n) is 8.48. The van der Waals surface area contributed by atoms with Crippen LogP contribution < -0.4 is 15.4 Å². The molecule has 0 saturated carbocycles.